The predicted molar refractivity (Wildman–Crippen MR) is 85.3 cm³/mol. The van der Waals surface area contributed by atoms with Gasteiger partial charge in [0.2, 0.25) is 0 Å². The molecule has 0 radical (unpaired) electrons. The number of benzene rings is 1. The van der Waals surface area contributed by atoms with Crippen molar-refractivity contribution in [2.24, 2.45) is 0 Å². The third kappa shape index (κ3) is 5.70. The van der Waals surface area contributed by atoms with Crippen molar-refractivity contribution in [1.29, 1.82) is 0 Å². The number of rotatable bonds is 8. The maximum absolute atomic E-state index is 5.91. The molecule has 3 nitrogen and oxygen atoms in total. The lowest BCUT2D eigenvalue weighted by molar-refractivity contribution is 0.0166. The molecule has 2 rings (SSSR count). The van der Waals surface area contributed by atoms with E-state index in [9.17, 15) is 0 Å². The summed E-state index contributed by atoms with van der Waals surface area (Å²) in [5.41, 5.74) is 1.22. The molecule has 1 aliphatic rings. The van der Waals surface area contributed by atoms with E-state index in [1.54, 1.807) is 0 Å². The van der Waals surface area contributed by atoms with Crippen molar-refractivity contribution in [3.05, 3.63) is 33.3 Å². The van der Waals surface area contributed by atoms with Gasteiger partial charge in [-0.15, -0.1) is 0 Å². The normalized spacial score (nSPS) is 18.6. The van der Waals surface area contributed by atoms with Crippen LogP contribution in [0.3, 0.4) is 0 Å². The van der Waals surface area contributed by atoms with E-state index >= 15 is 0 Å². The molecule has 0 bridgehead atoms. The van der Waals surface area contributed by atoms with Crippen LogP contribution in [0.4, 0.5) is 0 Å². The highest BCUT2D eigenvalue weighted by atomic mass is 79.9. The molecule has 0 saturated carbocycles. The summed E-state index contributed by atoms with van der Waals surface area (Å²) in [5, 5.41) is 4.16. The van der Waals surface area contributed by atoms with Gasteiger partial charge in [-0.1, -0.05) is 33.6 Å². The maximum atomic E-state index is 5.91. The Bertz CT molecular complexity index is 411. The van der Waals surface area contributed by atoms with E-state index in [0.717, 1.165) is 55.2 Å². The number of ether oxygens (including phenoxy) is 2. The molecule has 112 valence electrons. The van der Waals surface area contributed by atoms with Gasteiger partial charge in [-0.25, -0.2) is 0 Å². The number of halogens is 2. The molecule has 1 aromatic carbocycles. The highest BCUT2D eigenvalue weighted by Crippen LogP contribution is 2.21. The molecular formula is C15H21BrClNO2. The minimum absolute atomic E-state index is 0.327. The lowest BCUT2D eigenvalue weighted by Gasteiger charge is -2.10. The summed E-state index contributed by atoms with van der Waals surface area (Å²) in [6.07, 6.45) is 3.65. The van der Waals surface area contributed by atoms with E-state index < -0.39 is 0 Å². The Labute approximate surface area is 134 Å². The number of hydrogen-bond acceptors (Lipinski definition) is 3. The fourth-order valence-corrected chi connectivity index (χ4v) is 3.00. The van der Waals surface area contributed by atoms with Crippen molar-refractivity contribution in [2.75, 3.05) is 26.4 Å². The van der Waals surface area contributed by atoms with Crippen molar-refractivity contribution in [3.63, 3.8) is 0 Å². The third-order valence-electron chi connectivity index (χ3n) is 3.30. The number of hydrogen-bond donors (Lipinski definition) is 1. The minimum Gasteiger partial charge on any atom is -0.379 e. The lowest BCUT2D eigenvalue weighted by Crippen LogP contribution is -2.19. The van der Waals surface area contributed by atoms with Crippen LogP contribution in [0.15, 0.2) is 22.7 Å². The van der Waals surface area contributed by atoms with Crippen molar-refractivity contribution in [1.82, 2.24) is 5.32 Å². The smallest absolute Gasteiger partial charge is 0.0809 e. The molecule has 1 atom stereocenters. The highest BCUT2D eigenvalue weighted by molar-refractivity contribution is 9.10. The van der Waals surface area contributed by atoms with Gasteiger partial charge in [0.1, 0.15) is 0 Å². The Balaban J connectivity index is 1.50. The molecule has 1 fully saturated rings. The second-order valence-corrected chi connectivity index (χ2v) is 6.27. The van der Waals surface area contributed by atoms with E-state index in [0.29, 0.717) is 6.10 Å². The highest BCUT2D eigenvalue weighted by Gasteiger charge is 2.14. The zero-order valence-corrected chi connectivity index (χ0v) is 13.9. The third-order valence-corrected chi connectivity index (χ3v) is 4.27. The summed E-state index contributed by atoms with van der Waals surface area (Å²) >= 11 is 9.43. The fraction of sp³-hybridized carbons (Fsp3) is 0.600. The molecule has 0 spiro atoms. The Hall–Kier alpha value is -0.130. The Morgan fingerprint density at radius 3 is 3.10 bits per heavy atom. The zero-order valence-electron chi connectivity index (χ0n) is 11.5. The van der Waals surface area contributed by atoms with E-state index in [-0.39, 0.29) is 0 Å². The van der Waals surface area contributed by atoms with Crippen LogP contribution in [0.2, 0.25) is 5.02 Å². The molecule has 1 unspecified atom stereocenters. The summed E-state index contributed by atoms with van der Waals surface area (Å²) in [5.74, 6) is 0. The lowest BCUT2D eigenvalue weighted by atomic mass is 10.2. The molecular weight excluding hydrogens is 342 g/mol. The van der Waals surface area contributed by atoms with Crippen LogP contribution in [-0.4, -0.2) is 32.5 Å². The van der Waals surface area contributed by atoms with E-state index in [2.05, 4.69) is 21.2 Å². The van der Waals surface area contributed by atoms with Crippen LogP contribution in [0.25, 0.3) is 0 Å². The van der Waals surface area contributed by atoms with Gasteiger partial charge >= 0.3 is 0 Å². The predicted octanol–water partition coefficient (Wildman–Crippen LogP) is 3.78. The summed E-state index contributed by atoms with van der Waals surface area (Å²) in [7, 11) is 0. The topological polar surface area (TPSA) is 30.5 Å². The first-order chi connectivity index (χ1) is 9.75. The van der Waals surface area contributed by atoms with Crippen molar-refractivity contribution >= 4 is 27.5 Å². The monoisotopic (exact) mass is 361 g/mol. The molecule has 1 aromatic rings. The average Bonchev–Trinajstić information content (AvgIpc) is 2.93. The van der Waals surface area contributed by atoms with Crippen molar-refractivity contribution in [3.8, 4) is 0 Å². The summed E-state index contributed by atoms with van der Waals surface area (Å²) < 4.78 is 12.2. The quantitative estimate of drug-likeness (QED) is 0.714. The van der Waals surface area contributed by atoms with Gasteiger partial charge in [-0.05, 0) is 43.5 Å². The van der Waals surface area contributed by atoms with Gasteiger partial charge in [0.25, 0.3) is 0 Å². The largest absolute Gasteiger partial charge is 0.379 e. The van der Waals surface area contributed by atoms with Crippen LogP contribution in [0.5, 0.6) is 0 Å². The first-order valence-electron chi connectivity index (χ1n) is 7.09. The summed E-state index contributed by atoms with van der Waals surface area (Å²) in [6, 6.07) is 5.87. The molecule has 0 aromatic heterocycles. The number of nitrogens with one attached hydrogen (secondary N) is 1. The summed E-state index contributed by atoms with van der Waals surface area (Å²) in [6.45, 7) is 4.20. The average molecular weight is 363 g/mol. The van der Waals surface area contributed by atoms with Crippen LogP contribution in [0.1, 0.15) is 24.8 Å². The molecule has 5 heteroatoms. The molecule has 1 aliphatic heterocycles. The second-order valence-electron chi connectivity index (χ2n) is 4.98. The maximum Gasteiger partial charge on any atom is 0.0809 e. The van der Waals surface area contributed by atoms with Gasteiger partial charge < -0.3 is 14.8 Å². The Morgan fingerprint density at radius 1 is 1.45 bits per heavy atom. The van der Waals surface area contributed by atoms with Crippen LogP contribution < -0.4 is 5.32 Å². The van der Waals surface area contributed by atoms with E-state index in [1.807, 2.05) is 18.2 Å². The van der Waals surface area contributed by atoms with Crippen LogP contribution in [-0.2, 0) is 16.0 Å². The molecule has 20 heavy (non-hydrogen) atoms. The first-order valence-corrected chi connectivity index (χ1v) is 8.27. The second kappa shape index (κ2) is 9.00. The van der Waals surface area contributed by atoms with Crippen molar-refractivity contribution < 1.29 is 9.47 Å². The van der Waals surface area contributed by atoms with Crippen molar-refractivity contribution in [2.45, 2.75) is 31.9 Å². The van der Waals surface area contributed by atoms with E-state index in [1.165, 1.54) is 12.0 Å². The first kappa shape index (κ1) is 16.2. The van der Waals surface area contributed by atoms with Gasteiger partial charge in [-0.2, -0.15) is 0 Å². The van der Waals surface area contributed by atoms with Crippen LogP contribution in [0, 0.1) is 0 Å². The molecule has 0 amide bonds. The van der Waals surface area contributed by atoms with Gasteiger partial charge in [-0.3, -0.25) is 0 Å². The molecule has 1 N–H and O–H groups in total. The standard InChI is InChI=1S/C15H21BrClNO2/c16-15-9-13(17)5-4-12(15)10-18-6-2-7-19-11-14-3-1-8-20-14/h4-5,9,14,18H,1-3,6-8,10-11H2. The fourth-order valence-electron chi connectivity index (χ4n) is 2.18. The van der Waals surface area contributed by atoms with E-state index in [4.69, 9.17) is 21.1 Å². The van der Waals surface area contributed by atoms with Gasteiger partial charge in [0.15, 0.2) is 0 Å². The Morgan fingerprint density at radius 2 is 2.35 bits per heavy atom. The SMILES string of the molecule is Clc1ccc(CNCCCOCC2CCCO2)c(Br)c1. The summed E-state index contributed by atoms with van der Waals surface area (Å²) in [4.78, 5) is 0. The zero-order chi connectivity index (χ0) is 14.2. The molecule has 1 heterocycles. The van der Waals surface area contributed by atoms with Crippen LogP contribution >= 0.6 is 27.5 Å². The van der Waals surface area contributed by atoms with Gasteiger partial charge in [0.05, 0.1) is 12.7 Å². The Kier molecular flexibility index (Phi) is 7.31. The van der Waals surface area contributed by atoms with Gasteiger partial charge in [0, 0.05) is 29.3 Å². The minimum atomic E-state index is 0.327. The molecule has 0 aliphatic carbocycles. The molecule has 1 saturated heterocycles.